The van der Waals surface area contributed by atoms with Gasteiger partial charge in [-0.25, -0.2) is 4.98 Å². The number of hydrogen-bond donors (Lipinski definition) is 1. The van der Waals surface area contributed by atoms with Crippen LogP contribution in [0.15, 0.2) is 29.8 Å². The maximum absolute atomic E-state index is 5.84. The van der Waals surface area contributed by atoms with Gasteiger partial charge < -0.3 is 10.5 Å². The third-order valence-corrected chi connectivity index (χ3v) is 2.80. The first kappa shape index (κ1) is 11.9. The highest BCUT2D eigenvalue weighted by molar-refractivity contribution is 7.14. The molecule has 0 atom stereocenters. The molecule has 0 bridgehead atoms. The minimum absolute atomic E-state index is 0.179. The molecule has 0 fully saturated rings. The van der Waals surface area contributed by atoms with E-state index < -0.39 is 0 Å². The average molecular weight is 248 g/mol. The van der Waals surface area contributed by atoms with Crippen molar-refractivity contribution >= 4 is 16.3 Å². The largest absolute Gasteiger partial charge is 0.488 e. The zero-order chi connectivity index (χ0) is 12.5. The van der Waals surface area contributed by atoms with E-state index in [0.29, 0.717) is 0 Å². The number of thiazole rings is 1. The Morgan fingerprint density at radius 1 is 1.18 bits per heavy atom. The van der Waals surface area contributed by atoms with Crippen molar-refractivity contribution in [3.63, 3.8) is 0 Å². The lowest BCUT2D eigenvalue weighted by Gasteiger charge is -2.21. The predicted octanol–water partition coefficient (Wildman–Crippen LogP) is 3.57. The summed E-state index contributed by atoms with van der Waals surface area (Å²) in [5.74, 6) is 0.857. The van der Waals surface area contributed by atoms with Crippen molar-refractivity contribution < 1.29 is 4.74 Å². The number of rotatable bonds is 2. The van der Waals surface area contributed by atoms with E-state index in [9.17, 15) is 0 Å². The standard InChI is InChI=1S/C13H16N2OS/c1-13(2,3)16-10-6-4-9(5-7-10)11-12(14)17-8-15-11/h4-8H,14H2,1-3H3. The quantitative estimate of drug-likeness (QED) is 0.883. The smallest absolute Gasteiger partial charge is 0.120 e. The Labute approximate surface area is 105 Å². The fourth-order valence-electron chi connectivity index (χ4n) is 1.51. The normalized spacial score (nSPS) is 11.5. The lowest BCUT2D eigenvalue weighted by molar-refractivity contribution is 0.131. The molecular formula is C13H16N2OS. The lowest BCUT2D eigenvalue weighted by Crippen LogP contribution is -2.22. The number of nitrogens with two attached hydrogens (primary N) is 1. The van der Waals surface area contributed by atoms with Crippen LogP contribution < -0.4 is 10.5 Å². The van der Waals surface area contributed by atoms with Crippen molar-refractivity contribution in [1.82, 2.24) is 4.98 Å². The summed E-state index contributed by atoms with van der Waals surface area (Å²) >= 11 is 1.45. The second-order valence-corrected chi connectivity index (χ2v) is 5.69. The molecule has 0 saturated heterocycles. The van der Waals surface area contributed by atoms with Crippen molar-refractivity contribution in [3.05, 3.63) is 29.8 Å². The van der Waals surface area contributed by atoms with E-state index in [1.54, 1.807) is 5.51 Å². The number of benzene rings is 1. The summed E-state index contributed by atoms with van der Waals surface area (Å²) < 4.78 is 5.76. The Bertz CT molecular complexity index is 497. The maximum Gasteiger partial charge on any atom is 0.120 e. The van der Waals surface area contributed by atoms with Gasteiger partial charge in [-0.15, -0.1) is 11.3 Å². The molecular weight excluding hydrogens is 232 g/mol. The second-order valence-electron chi connectivity index (χ2n) is 4.80. The summed E-state index contributed by atoms with van der Waals surface area (Å²) in [4.78, 5) is 4.24. The van der Waals surface area contributed by atoms with Gasteiger partial charge in [0.05, 0.1) is 5.51 Å². The summed E-state index contributed by atoms with van der Waals surface area (Å²) in [6, 6.07) is 7.84. The Hall–Kier alpha value is -1.55. The van der Waals surface area contributed by atoms with Gasteiger partial charge in [0.25, 0.3) is 0 Å². The Morgan fingerprint density at radius 2 is 1.82 bits per heavy atom. The van der Waals surface area contributed by atoms with Gasteiger partial charge in [0, 0.05) is 5.56 Å². The monoisotopic (exact) mass is 248 g/mol. The van der Waals surface area contributed by atoms with Crippen molar-refractivity contribution in [2.75, 3.05) is 5.73 Å². The molecule has 0 spiro atoms. The molecule has 1 aromatic heterocycles. The third kappa shape index (κ3) is 2.97. The molecule has 17 heavy (non-hydrogen) atoms. The Morgan fingerprint density at radius 3 is 2.29 bits per heavy atom. The fourth-order valence-corrected chi connectivity index (χ4v) is 2.06. The molecule has 1 aromatic carbocycles. The predicted molar refractivity (Wildman–Crippen MR) is 72.3 cm³/mol. The zero-order valence-electron chi connectivity index (χ0n) is 10.2. The molecule has 2 rings (SSSR count). The first-order valence-electron chi connectivity index (χ1n) is 5.44. The van der Waals surface area contributed by atoms with Crippen LogP contribution >= 0.6 is 11.3 Å². The van der Waals surface area contributed by atoms with E-state index in [4.69, 9.17) is 10.5 Å². The second kappa shape index (κ2) is 4.37. The van der Waals surface area contributed by atoms with E-state index in [1.165, 1.54) is 11.3 Å². The lowest BCUT2D eigenvalue weighted by atomic mass is 10.1. The van der Waals surface area contributed by atoms with Gasteiger partial charge in [0.1, 0.15) is 22.0 Å². The van der Waals surface area contributed by atoms with Crippen molar-refractivity contribution in [2.45, 2.75) is 26.4 Å². The van der Waals surface area contributed by atoms with Gasteiger partial charge in [-0.1, -0.05) is 0 Å². The highest BCUT2D eigenvalue weighted by Crippen LogP contribution is 2.29. The molecule has 3 nitrogen and oxygen atoms in total. The summed E-state index contributed by atoms with van der Waals surface area (Å²) in [5, 5.41) is 0.745. The molecule has 0 unspecified atom stereocenters. The van der Waals surface area contributed by atoms with Crippen LogP contribution in [0.3, 0.4) is 0 Å². The maximum atomic E-state index is 5.84. The van der Waals surface area contributed by atoms with Gasteiger partial charge in [0.2, 0.25) is 0 Å². The van der Waals surface area contributed by atoms with Crippen LogP contribution in [0.4, 0.5) is 5.00 Å². The summed E-state index contributed by atoms with van der Waals surface area (Å²) in [5.41, 5.74) is 9.28. The first-order valence-corrected chi connectivity index (χ1v) is 6.32. The van der Waals surface area contributed by atoms with Crippen LogP contribution in [0.25, 0.3) is 11.3 Å². The van der Waals surface area contributed by atoms with E-state index in [1.807, 2.05) is 45.0 Å². The number of ether oxygens (including phenoxy) is 1. The third-order valence-electron chi connectivity index (χ3n) is 2.15. The number of nitrogen functional groups attached to an aromatic ring is 1. The molecule has 90 valence electrons. The highest BCUT2D eigenvalue weighted by atomic mass is 32.1. The minimum atomic E-state index is -0.179. The van der Waals surface area contributed by atoms with Crippen molar-refractivity contribution in [1.29, 1.82) is 0 Å². The van der Waals surface area contributed by atoms with Crippen molar-refractivity contribution in [2.24, 2.45) is 0 Å². The van der Waals surface area contributed by atoms with E-state index in [2.05, 4.69) is 4.98 Å². The van der Waals surface area contributed by atoms with Crippen LogP contribution in [0.1, 0.15) is 20.8 Å². The van der Waals surface area contributed by atoms with Gasteiger partial charge >= 0.3 is 0 Å². The molecule has 0 amide bonds. The summed E-state index contributed by atoms with van der Waals surface area (Å²) in [6.45, 7) is 6.08. The highest BCUT2D eigenvalue weighted by Gasteiger charge is 2.12. The first-order chi connectivity index (χ1) is 7.96. The molecule has 0 aliphatic heterocycles. The minimum Gasteiger partial charge on any atom is -0.488 e. The zero-order valence-corrected chi connectivity index (χ0v) is 11.0. The van der Waals surface area contributed by atoms with E-state index in [0.717, 1.165) is 22.0 Å². The van der Waals surface area contributed by atoms with Gasteiger partial charge in [0.15, 0.2) is 0 Å². The van der Waals surface area contributed by atoms with Crippen LogP contribution in [0.5, 0.6) is 5.75 Å². The Kier molecular flexibility index (Phi) is 3.07. The molecule has 2 N–H and O–H groups in total. The molecule has 0 aliphatic rings. The fraction of sp³-hybridized carbons (Fsp3) is 0.308. The van der Waals surface area contributed by atoms with Crippen LogP contribution in [0, 0.1) is 0 Å². The molecule has 0 aliphatic carbocycles. The average Bonchev–Trinajstić information content (AvgIpc) is 2.63. The van der Waals surface area contributed by atoms with Crippen molar-refractivity contribution in [3.8, 4) is 17.0 Å². The van der Waals surface area contributed by atoms with E-state index in [-0.39, 0.29) is 5.60 Å². The molecule has 1 heterocycles. The molecule has 0 saturated carbocycles. The SMILES string of the molecule is CC(C)(C)Oc1ccc(-c2ncsc2N)cc1. The number of anilines is 1. The number of hydrogen-bond acceptors (Lipinski definition) is 4. The molecule has 4 heteroatoms. The van der Waals surface area contributed by atoms with Crippen LogP contribution in [-0.4, -0.2) is 10.6 Å². The topological polar surface area (TPSA) is 48.1 Å². The summed E-state index contributed by atoms with van der Waals surface area (Å²) in [7, 11) is 0. The van der Waals surface area contributed by atoms with Gasteiger partial charge in [-0.05, 0) is 45.0 Å². The summed E-state index contributed by atoms with van der Waals surface area (Å²) in [6.07, 6.45) is 0. The van der Waals surface area contributed by atoms with Gasteiger partial charge in [-0.2, -0.15) is 0 Å². The molecule has 0 radical (unpaired) electrons. The molecule has 2 aromatic rings. The van der Waals surface area contributed by atoms with E-state index >= 15 is 0 Å². The Balaban J connectivity index is 2.22. The van der Waals surface area contributed by atoms with Gasteiger partial charge in [-0.3, -0.25) is 0 Å². The number of aromatic nitrogens is 1. The van der Waals surface area contributed by atoms with Crippen LogP contribution in [-0.2, 0) is 0 Å². The number of nitrogens with zero attached hydrogens (tertiary/aromatic N) is 1. The van der Waals surface area contributed by atoms with Crippen LogP contribution in [0.2, 0.25) is 0 Å².